The van der Waals surface area contributed by atoms with E-state index < -0.39 is 18.1 Å². The molecule has 9 heavy (non-hydrogen) atoms. The fourth-order valence-corrected chi connectivity index (χ4v) is 0. The minimum atomic E-state index is -5.00. The molecule has 0 amide bonds. The summed E-state index contributed by atoms with van der Waals surface area (Å²) in [6.07, 6.45) is 0. The van der Waals surface area contributed by atoms with E-state index >= 15 is 0 Å². The summed E-state index contributed by atoms with van der Waals surface area (Å²) in [6.45, 7) is 0. The molecule has 0 fully saturated rings. The summed E-state index contributed by atoms with van der Waals surface area (Å²) in [5.41, 5.74) is 0. The Bertz CT molecular complexity index is 26.5. The molecule has 0 heterocycles. The summed E-state index contributed by atoms with van der Waals surface area (Å²) >= 11 is -5.00. The number of hydrogen-bond acceptors (Lipinski definition) is 4. The molecule has 0 radical (unpaired) electrons. The van der Waals surface area contributed by atoms with Crippen LogP contribution in [-0.4, -0.2) is 71.2 Å². The average molecular weight is 289 g/mol. The van der Waals surface area contributed by atoms with Gasteiger partial charge >= 0.3 is 78.4 Å². The van der Waals surface area contributed by atoms with E-state index in [0.29, 0.717) is 0 Å². The van der Waals surface area contributed by atoms with Crippen LogP contribution in [0.3, 0.4) is 0 Å². The van der Waals surface area contributed by atoms with E-state index in [1.165, 1.54) is 0 Å². The largest absolute Gasteiger partial charge is 0 e. The first kappa shape index (κ1) is 29.9. The maximum Gasteiger partial charge on any atom is 0 e. The first-order valence-corrected chi connectivity index (χ1v) is 3.69. The smallest absolute Gasteiger partial charge is 0 e. The van der Waals surface area contributed by atoms with Crippen molar-refractivity contribution in [3.8, 4) is 0 Å². The summed E-state index contributed by atoms with van der Waals surface area (Å²) < 4.78 is 29.5. The molecular formula is H10O6SrTi2. The maximum absolute atomic E-state index is 7.38. The maximum atomic E-state index is 7.38. The van der Waals surface area contributed by atoms with E-state index in [2.05, 4.69) is 0 Å². The van der Waals surface area contributed by atoms with Crippen molar-refractivity contribution in [2.75, 3.05) is 0 Å². The molecule has 0 spiro atoms. The molecular weight excluding hydrogens is 279 g/mol. The minimum Gasteiger partial charge on any atom is 0 e. The van der Waals surface area contributed by atoms with Crippen LogP contribution >= 0.6 is 0 Å². The van der Waals surface area contributed by atoms with Gasteiger partial charge in [-0.05, 0) is 0 Å². The summed E-state index contributed by atoms with van der Waals surface area (Å²) in [7, 11) is 0. The number of rotatable bonds is 0. The van der Waals surface area contributed by atoms with Crippen molar-refractivity contribution in [2.45, 2.75) is 0 Å². The van der Waals surface area contributed by atoms with Crippen LogP contribution in [0.2, 0.25) is 0 Å². The molecule has 0 aromatic heterocycles. The van der Waals surface area contributed by atoms with Gasteiger partial charge in [-0.25, -0.2) is 0 Å². The predicted molar refractivity (Wildman–Crippen MR) is 24.6 cm³/mol. The Balaban J connectivity index is -0.0000000133. The third-order valence-corrected chi connectivity index (χ3v) is 0. The van der Waals surface area contributed by atoms with Crippen LogP contribution in [-0.2, 0) is 39.9 Å². The first-order chi connectivity index (χ1) is 2.00. The molecule has 0 atom stereocenters. The van der Waals surface area contributed by atoms with Gasteiger partial charge in [-0.15, -0.1) is 0 Å². The van der Waals surface area contributed by atoms with E-state index in [0.717, 1.165) is 0 Å². The zero-order valence-corrected chi connectivity index (χ0v) is 6.91. The second-order valence-corrected chi connectivity index (χ2v) is 2.47. The zero-order valence-electron chi connectivity index (χ0n) is 3.79. The normalized spacial score (nSPS) is 6.67. The van der Waals surface area contributed by atoms with Crippen molar-refractivity contribution in [3.05, 3.63) is 0 Å². The van der Waals surface area contributed by atoms with Gasteiger partial charge in [-0.2, -0.15) is 0 Å². The summed E-state index contributed by atoms with van der Waals surface area (Å²) in [5.74, 6) is 0. The molecule has 0 aliphatic heterocycles. The van der Waals surface area contributed by atoms with Crippen LogP contribution < -0.4 is 0 Å². The Hall–Kier alpha value is 2.67. The molecule has 0 saturated carbocycles. The summed E-state index contributed by atoms with van der Waals surface area (Å²) in [6, 6.07) is 0. The van der Waals surface area contributed by atoms with Crippen molar-refractivity contribution in [1.82, 2.24) is 0 Å². The molecule has 0 rings (SSSR count). The Kier molecular flexibility index (Phi) is 44.0. The Labute approximate surface area is 109 Å². The van der Waals surface area contributed by atoms with Gasteiger partial charge in [0, 0.05) is 21.7 Å². The van der Waals surface area contributed by atoms with Gasteiger partial charge in [0.2, 0.25) is 0 Å². The quantitative estimate of drug-likeness (QED) is 0.332. The van der Waals surface area contributed by atoms with Gasteiger partial charge in [0.1, 0.15) is 0 Å². The number of hydrogen-bond donors (Lipinski definition) is 4. The second-order valence-electron chi connectivity index (χ2n) is 0.600. The van der Waals surface area contributed by atoms with Crippen molar-refractivity contribution in [2.24, 2.45) is 0 Å². The van der Waals surface area contributed by atoms with E-state index in [1.807, 2.05) is 0 Å². The van der Waals surface area contributed by atoms with Crippen molar-refractivity contribution in [3.63, 3.8) is 0 Å². The van der Waals surface area contributed by atoms with E-state index in [4.69, 9.17) is 14.8 Å². The summed E-state index contributed by atoms with van der Waals surface area (Å²) in [4.78, 5) is 0. The molecule has 0 bridgehead atoms. The van der Waals surface area contributed by atoms with Crippen molar-refractivity contribution < 1.29 is 65.6 Å². The van der Waals surface area contributed by atoms with Crippen LogP contribution in [0.25, 0.3) is 0 Å². The van der Waals surface area contributed by atoms with Crippen LogP contribution in [0, 0.1) is 0 Å². The van der Waals surface area contributed by atoms with Gasteiger partial charge in [-0.1, -0.05) is 0 Å². The Morgan fingerprint density at radius 1 is 0.778 bits per heavy atom. The van der Waals surface area contributed by atoms with Gasteiger partial charge in [0.25, 0.3) is 0 Å². The molecule has 0 unspecified atom stereocenters. The SMILES string of the molecule is O.O.[OH][Ti]([OH])([OH])[OH].[SrH2].[Ti]. The van der Waals surface area contributed by atoms with Crippen LogP contribution in [0.15, 0.2) is 0 Å². The predicted octanol–water partition coefficient (Wildman–Crippen LogP) is -4.80. The zero-order chi connectivity index (χ0) is 4.50. The molecule has 9 heteroatoms. The molecule has 56 valence electrons. The van der Waals surface area contributed by atoms with Gasteiger partial charge in [0.05, 0.1) is 0 Å². The van der Waals surface area contributed by atoms with Gasteiger partial charge < -0.3 is 11.0 Å². The molecule has 0 aliphatic rings. The fourth-order valence-electron chi connectivity index (χ4n) is 0. The molecule has 6 nitrogen and oxygen atoms in total. The van der Waals surface area contributed by atoms with Gasteiger partial charge in [0.15, 0.2) is 0 Å². The third kappa shape index (κ3) is 113. The fraction of sp³-hybridized carbons (Fsp3) is 0. The molecule has 0 saturated heterocycles. The third-order valence-electron chi connectivity index (χ3n) is 0. The first-order valence-electron chi connectivity index (χ1n) is 0.894. The van der Waals surface area contributed by atoms with E-state index in [9.17, 15) is 0 Å². The molecule has 0 aromatic rings. The Morgan fingerprint density at radius 2 is 0.778 bits per heavy atom. The molecule has 0 aromatic carbocycles. The van der Waals surface area contributed by atoms with Crippen LogP contribution in [0.5, 0.6) is 0 Å². The summed E-state index contributed by atoms with van der Waals surface area (Å²) in [5, 5.41) is 0. The molecule has 0 aliphatic carbocycles. The van der Waals surface area contributed by atoms with Crippen molar-refractivity contribution >= 4 is 45.5 Å². The topological polar surface area (TPSA) is 144 Å². The standard InChI is InChI=1S/6H2O.Sr.2Ti.2H/h6*1H2;;;;;/q;;;;;;;;+4;;/p-4. The van der Waals surface area contributed by atoms with Crippen molar-refractivity contribution in [1.29, 1.82) is 0 Å². The van der Waals surface area contributed by atoms with Crippen LogP contribution in [0.1, 0.15) is 0 Å². The van der Waals surface area contributed by atoms with E-state index in [1.54, 1.807) is 0 Å². The van der Waals surface area contributed by atoms with E-state index in [-0.39, 0.29) is 78.2 Å². The van der Waals surface area contributed by atoms with Crippen LogP contribution in [0.4, 0.5) is 0 Å². The Morgan fingerprint density at radius 3 is 0.778 bits per heavy atom. The monoisotopic (exact) mass is 290 g/mol. The molecule has 8 N–H and O–H groups in total. The van der Waals surface area contributed by atoms with Gasteiger partial charge in [-0.3, -0.25) is 0 Å². The minimum absolute atomic E-state index is 0. The second kappa shape index (κ2) is 13.3. The average Bonchev–Trinajstić information content (AvgIpc) is 0.722.